The second kappa shape index (κ2) is 9.55. The van der Waals surface area contributed by atoms with Crippen LogP contribution in [0.1, 0.15) is 30.6 Å². The molecule has 0 aliphatic carbocycles. The lowest BCUT2D eigenvalue weighted by molar-refractivity contribution is 0.0161. The van der Waals surface area contributed by atoms with Gasteiger partial charge in [0.05, 0.1) is 24.2 Å². The smallest absolute Gasteiger partial charge is 0.273 e. The minimum absolute atomic E-state index is 0.115. The van der Waals surface area contributed by atoms with Crippen LogP contribution in [0.25, 0.3) is 11.3 Å². The van der Waals surface area contributed by atoms with Crippen molar-refractivity contribution in [2.24, 2.45) is 0 Å². The van der Waals surface area contributed by atoms with E-state index < -0.39 is 0 Å². The van der Waals surface area contributed by atoms with Gasteiger partial charge in [0.25, 0.3) is 5.91 Å². The Morgan fingerprint density at radius 3 is 2.77 bits per heavy atom. The molecule has 2 heterocycles. The Hall–Kier alpha value is -3.17. The van der Waals surface area contributed by atoms with E-state index in [0.717, 1.165) is 11.3 Å². The fourth-order valence-electron chi connectivity index (χ4n) is 2.95. The minimum atomic E-state index is -0.388. The zero-order valence-electron chi connectivity index (χ0n) is 17.1. The third-order valence-corrected chi connectivity index (χ3v) is 4.54. The predicted octanol–water partition coefficient (Wildman–Crippen LogP) is 3.66. The van der Waals surface area contributed by atoms with Gasteiger partial charge in [-0.1, -0.05) is 17.7 Å². The molecule has 2 aromatic heterocycles. The first-order valence-corrected chi connectivity index (χ1v) is 9.72. The van der Waals surface area contributed by atoms with Crippen LogP contribution in [0.3, 0.4) is 0 Å². The van der Waals surface area contributed by atoms with Gasteiger partial charge in [0.2, 0.25) is 0 Å². The number of anilines is 2. The van der Waals surface area contributed by atoms with Gasteiger partial charge in [-0.15, -0.1) is 10.2 Å². The maximum atomic E-state index is 12.1. The number of para-hydroxylation sites is 1. The molecule has 3 rings (SSSR count). The fraction of sp³-hybridized carbons (Fsp3) is 0.300. The zero-order valence-corrected chi connectivity index (χ0v) is 17.9. The number of halogens is 1. The largest absolute Gasteiger partial charge is 0.494 e. The van der Waals surface area contributed by atoms with Crippen LogP contribution in [0.2, 0.25) is 5.15 Å². The molecule has 1 unspecified atom stereocenters. The summed E-state index contributed by atoms with van der Waals surface area (Å²) in [7, 11) is 3.09. The van der Waals surface area contributed by atoms with Gasteiger partial charge in [-0.3, -0.25) is 4.79 Å². The van der Waals surface area contributed by atoms with Gasteiger partial charge >= 0.3 is 0 Å². The quantitative estimate of drug-likeness (QED) is 0.562. The van der Waals surface area contributed by atoms with Crippen molar-refractivity contribution >= 4 is 28.9 Å². The van der Waals surface area contributed by atoms with E-state index in [0.29, 0.717) is 23.7 Å². The van der Waals surface area contributed by atoms with Gasteiger partial charge in [0, 0.05) is 31.5 Å². The number of carbonyl (C=O) groups is 1. The summed E-state index contributed by atoms with van der Waals surface area (Å²) in [5.74, 6) is 0.169. The minimum Gasteiger partial charge on any atom is -0.494 e. The number of aromatic nitrogens is 4. The second-order valence-corrected chi connectivity index (χ2v) is 6.64. The number of methoxy groups -OCH3 is 1. The molecule has 0 bridgehead atoms. The van der Waals surface area contributed by atoms with E-state index in [1.54, 1.807) is 11.8 Å². The van der Waals surface area contributed by atoms with Crippen LogP contribution in [0.15, 0.2) is 36.5 Å². The third kappa shape index (κ3) is 4.52. The highest BCUT2D eigenvalue weighted by atomic mass is 35.5. The number of benzene rings is 1. The summed E-state index contributed by atoms with van der Waals surface area (Å²) >= 11 is 5.99. The van der Waals surface area contributed by atoms with Crippen LogP contribution in [0.5, 0.6) is 5.75 Å². The molecular weight excluding hydrogens is 408 g/mol. The summed E-state index contributed by atoms with van der Waals surface area (Å²) < 4.78 is 13.0. The first kappa shape index (κ1) is 21.5. The molecule has 1 aromatic carbocycles. The standard InChI is InChI=1S/C20H23ClN6O3/c1-5-30-12(2)27-10-9-14(26-27)13-7-6-8-15(19(13)29-4)23-16-11-17(21)24-25-18(16)20(28)22-3/h6-12H,5H2,1-4H3,(H,22,28)(H,23,24). The van der Waals surface area contributed by atoms with E-state index in [1.807, 2.05) is 44.3 Å². The van der Waals surface area contributed by atoms with E-state index in [4.69, 9.17) is 21.1 Å². The molecule has 0 fully saturated rings. The Labute approximate surface area is 179 Å². The number of rotatable bonds is 8. The monoisotopic (exact) mass is 430 g/mol. The van der Waals surface area contributed by atoms with E-state index in [2.05, 4.69) is 25.9 Å². The molecule has 0 saturated carbocycles. The van der Waals surface area contributed by atoms with Gasteiger partial charge < -0.3 is 20.1 Å². The van der Waals surface area contributed by atoms with Gasteiger partial charge in [-0.2, -0.15) is 5.10 Å². The van der Waals surface area contributed by atoms with Gasteiger partial charge in [0.15, 0.2) is 16.6 Å². The topological polar surface area (TPSA) is 103 Å². The summed E-state index contributed by atoms with van der Waals surface area (Å²) in [6.45, 7) is 4.46. The molecule has 3 aromatic rings. The predicted molar refractivity (Wildman–Crippen MR) is 114 cm³/mol. The summed E-state index contributed by atoms with van der Waals surface area (Å²) in [4.78, 5) is 12.1. The highest BCUT2D eigenvalue weighted by Crippen LogP contribution is 2.38. The van der Waals surface area contributed by atoms with Crippen molar-refractivity contribution in [1.29, 1.82) is 0 Å². The lowest BCUT2D eigenvalue weighted by Gasteiger charge is -2.16. The van der Waals surface area contributed by atoms with Crippen LogP contribution in [-0.2, 0) is 4.74 Å². The summed E-state index contributed by atoms with van der Waals surface area (Å²) in [5.41, 5.74) is 2.64. The molecule has 0 radical (unpaired) electrons. The molecular formula is C20H23ClN6O3. The van der Waals surface area contributed by atoms with E-state index in [9.17, 15) is 4.79 Å². The maximum absolute atomic E-state index is 12.1. The number of amides is 1. The first-order chi connectivity index (χ1) is 14.5. The van der Waals surface area contributed by atoms with Gasteiger partial charge in [0.1, 0.15) is 6.23 Å². The highest BCUT2D eigenvalue weighted by molar-refractivity contribution is 6.29. The van der Waals surface area contributed by atoms with E-state index in [1.165, 1.54) is 13.1 Å². The molecule has 9 nitrogen and oxygen atoms in total. The summed E-state index contributed by atoms with van der Waals surface area (Å²) in [6, 6.07) is 9.01. The Bertz CT molecular complexity index is 1040. The Morgan fingerprint density at radius 1 is 1.27 bits per heavy atom. The molecule has 2 N–H and O–H groups in total. The zero-order chi connectivity index (χ0) is 21.7. The molecule has 10 heteroatoms. The van der Waals surface area contributed by atoms with Crippen molar-refractivity contribution in [2.75, 3.05) is 26.1 Å². The number of hydrogen-bond donors (Lipinski definition) is 2. The normalized spacial score (nSPS) is 11.8. The third-order valence-electron chi connectivity index (χ3n) is 4.36. The average molecular weight is 431 g/mol. The fourth-order valence-corrected chi connectivity index (χ4v) is 3.10. The number of ether oxygens (including phenoxy) is 2. The van der Waals surface area contributed by atoms with Crippen molar-refractivity contribution in [3.8, 4) is 17.0 Å². The van der Waals surface area contributed by atoms with E-state index in [-0.39, 0.29) is 23.0 Å². The Morgan fingerprint density at radius 2 is 2.07 bits per heavy atom. The van der Waals surface area contributed by atoms with Crippen LogP contribution in [-0.4, -0.2) is 46.6 Å². The van der Waals surface area contributed by atoms with Crippen molar-refractivity contribution in [1.82, 2.24) is 25.3 Å². The highest BCUT2D eigenvalue weighted by Gasteiger charge is 2.18. The van der Waals surface area contributed by atoms with Crippen molar-refractivity contribution in [3.63, 3.8) is 0 Å². The number of nitrogens with one attached hydrogen (secondary N) is 2. The summed E-state index contributed by atoms with van der Waals surface area (Å²) in [5, 5.41) is 18.1. The average Bonchev–Trinajstić information content (AvgIpc) is 3.23. The molecule has 0 aliphatic rings. The van der Waals surface area contributed by atoms with Crippen molar-refractivity contribution in [3.05, 3.63) is 47.4 Å². The molecule has 1 atom stereocenters. The van der Waals surface area contributed by atoms with Gasteiger partial charge in [-0.05, 0) is 32.0 Å². The Kier molecular flexibility index (Phi) is 6.86. The molecule has 158 valence electrons. The molecule has 1 amide bonds. The summed E-state index contributed by atoms with van der Waals surface area (Å²) in [6.07, 6.45) is 1.67. The number of carbonyl (C=O) groups excluding carboxylic acids is 1. The molecule has 0 saturated heterocycles. The molecule has 0 spiro atoms. The maximum Gasteiger partial charge on any atom is 0.273 e. The Balaban J connectivity index is 2.00. The number of nitrogens with zero attached hydrogens (tertiary/aromatic N) is 4. The lowest BCUT2D eigenvalue weighted by Crippen LogP contribution is -2.21. The SMILES string of the molecule is CCOC(C)n1ccc(-c2cccc(Nc3cc(Cl)nnc3C(=O)NC)c2OC)n1. The van der Waals surface area contributed by atoms with Crippen LogP contribution in [0, 0.1) is 0 Å². The second-order valence-electron chi connectivity index (χ2n) is 6.26. The molecule has 0 aliphatic heterocycles. The van der Waals surface area contributed by atoms with E-state index >= 15 is 0 Å². The van der Waals surface area contributed by atoms with Crippen molar-refractivity contribution < 1.29 is 14.3 Å². The van der Waals surface area contributed by atoms with Crippen LogP contribution >= 0.6 is 11.6 Å². The molecule has 30 heavy (non-hydrogen) atoms. The van der Waals surface area contributed by atoms with Crippen molar-refractivity contribution in [2.45, 2.75) is 20.1 Å². The first-order valence-electron chi connectivity index (χ1n) is 9.34. The van der Waals surface area contributed by atoms with Crippen LogP contribution < -0.4 is 15.4 Å². The van der Waals surface area contributed by atoms with Gasteiger partial charge in [-0.25, -0.2) is 4.68 Å². The lowest BCUT2D eigenvalue weighted by atomic mass is 10.1. The number of hydrogen-bond acceptors (Lipinski definition) is 7. The van der Waals surface area contributed by atoms with Crippen LogP contribution in [0.4, 0.5) is 11.4 Å².